The van der Waals surface area contributed by atoms with E-state index in [0.29, 0.717) is 18.6 Å². The fourth-order valence-corrected chi connectivity index (χ4v) is 3.58. The van der Waals surface area contributed by atoms with Crippen LogP contribution in [0.5, 0.6) is 11.5 Å². The molecule has 0 heterocycles. The van der Waals surface area contributed by atoms with Crippen LogP contribution in [-0.2, 0) is 10.0 Å². The number of aliphatic hydroxyl groups is 1. The van der Waals surface area contributed by atoms with E-state index in [2.05, 4.69) is 4.72 Å². The first-order chi connectivity index (χ1) is 9.87. The number of anilines is 1. The maximum Gasteiger partial charge on any atom is 0.244 e. The Morgan fingerprint density at radius 3 is 2.43 bits per heavy atom. The van der Waals surface area contributed by atoms with E-state index in [1.807, 2.05) is 0 Å². The lowest BCUT2D eigenvalue weighted by atomic mass is 9.83. The number of ether oxygens (including phenoxy) is 2. The molecule has 0 radical (unpaired) electrons. The first kappa shape index (κ1) is 15.9. The molecule has 0 saturated heterocycles. The summed E-state index contributed by atoms with van der Waals surface area (Å²) in [6, 6.07) is 2.76. The van der Waals surface area contributed by atoms with Crippen LogP contribution in [0.4, 0.5) is 5.69 Å². The molecule has 0 spiro atoms. The van der Waals surface area contributed by atoms with Crippen LogP contribution in [0.1, 0.15) is 12.8 Å². The number of aliphatic hydroxyl groups excluding tert-OH is 1. The third kappa shape index (κ3) is 3.39. The van der Waals surface area contributed by atoms with Crippen molar-refractivity contribution in [3.63, 3.8) is 0 Å². The van der Waals surface area contributed by atoms with Crippen LogP contribution in [0.25, 0.3) is 0 Å². The Morgan fingerprint density at radius 2 is 1.90 bits per heavy atom. The Labute approximate surface area is 124 Å². The van der Waals surface area contributed by atoms with Crippen LogP contribution < -0.4 is 19.9 Å². The van der Waals surface area contributed by atoms with E-state index in [4.69, 9.17) is 15.2 Å². The number of sulfonamides is 1. The summed E-state index contributed by atoms with van der Waals surface area (Å²) in [7, 11) is -0.906. The van der Waals surface area contributed by atoms with Crippen molar-refractivity contribution in [3.05, 3.63) is 12.1 Å². The second kappa shape index (κ2) is 6.08. The van der Waals surface area contributed by atoms with Gasteiger partial charge < -0.3 is 20.3 Å². The highest BCUT2D eigenvalue weighted by atomic mass is 32.2. The molecule has 0 unspecified atom stereocenters. The Balaban J connectivity index is 2.20. The molecule has 7 nitrogen and oxygen atoms in total. The predicted octanol–water partition coefficient (Wildman–Crippen LogP) is 0.335. The van der Waals surface area contributed by atoms with Crippen molar-refractivity contribution >= 4 is 15.7 Å². The van der Waals surface area contributed by atoms with Crippen LogP contribution >= 0.6 is 0 Å². The third-order valence-corrected chi connectivity index (χ3v) is 5.02. The third-order valence-electron chi connectivity index (χ3n) is 3.58. The molecule has 0 amide bonds. The van der Waals surface area contributed by atoms with Gasteiger partial charge in [0.1, 0.15) is 16.4 Å². The van der Waals surface area contributed by atoms with Crippen LogP contribution in [0, 0.1) is 5.92 Å². The molecule has 0 aromatic heterocycles. The van der Waals surface area contributed by atoms with Gasteiger partial charge in [-0.15, -0.1) is 0 Å². The lowest BCUT2D eigenvalue weighted by molar-refractivity contribution is 0.0453. The van der Waals surface area contributed by atoms with Crippen LogP contribution in [0.15, 0.2) is 17.0 Å². The predicted molar refractivity (Wildman–Crippen MR) is 77.9 cm³/mol. The summed E-state index contributed by atoms with van der Waals surface area (Å²) < 4.78 is 37.3. The zero-order valence-electron chi connectivity index (χ0n) is 12.0. The lowest BCUT2D eigenvalue weighted by Crippen LogP contribution is -2.38. The molecular weight excluding hydrogens is 296 g/mol. The molecule has 1 fully saturated rings. The zero-order chi connectivity index (χ0) is 15.6. The van der Waals surface area contributed by atoms with Gasteiger partial charge in [-0.3, -0.25) is 0 Å². The molecule has 118 valence electrons. The highest BCUT2D eigenvalue weighted by molar-refractivity contribution is 7.89. The maximum atomic E-state index is 12.3. The minimum atomic E-state index is -3.73. The number of nitrogens with one attached hydrogen (secondary N) is 1. The fourth-order valence-electron chi connectivity index (χ4n) is 2.28. The normalized spacial score (nSPS) is 21.7. The van der Waals surface area contributed by atoms with E-state index in [1.165, 1.54) is 26.4 Å². The monoisotopic (exact) mass is 316 g/mol. The smallest absolute Gasteiger partial charge is 0.244 e. The van der Waals surface area contributed by atoms with E-state index in [-0.39, 0.29) is 34.9 Å². The minimum Gasteiger partial charge on any atom is -0.495 e. The molecule has 1 saturated carbocycles. The van der Waals surface area contributed by atoms with Crippen LogP contribution in [0.2, 0.25) is 0 Å². The molecule has 1 aromatic rings. The van der Waals surface area contributed by atoms with Crippen LogP contribution in [0.3, 0.4) is 0 Å². The van der Waals surface area contributed by atoms with Gasteiger partial charge in [0.15, 0.2) is 0 Å². The highest BCUT2D eigenvalue weighted by Gasteiger charge is 2.29. The molecule has 1 aliphatic carbocycles. The van der Waals surface area contributed by atoms with Gasteiger partial charge in [0.2, 0.25) is 10.0 Å². The van der Waals surface area contributed by atoms with E-state index in [0.717, 1.165) is 0 Å². The van der Waals surface area contributed by atoms with Gasteiger partial charge in [0, 0.05) is 12.6 Å². The van der Waals surface area contributed by atoms with Gasteiger partial charge in [-0.1, -0.05) is 0 Å². The van der Waals surface area contributed by atoms with Gasteiger partial charge in [0.05, 0.1) is 26.0 Å². The van der Waals surface area contributed by atoms with Crippen molar-refractivity contribution < 1.29 is 23.0 Å². The van der Waals surface area contributed by atoms with E-state index in [9.17, 15) is 13.5 Å². The van der Waals surface area contributed by atoms with Gasteiger partial charge >= 0.3 is 0 Å². The molecule has 0 atom stereocenters. The average Bonchev–Trinajstić information content (AvgIpc) is 2.42. The number of benzene rings is 1. The second-order valence-electron chi connectivity index (χ2n) is 5.09. The molecule has 21 heavy (non-hydrogen) atoms. The molecule has 0 aliphatic heterocycles. The summed E-state index contributed by atoms with van der Waals surface area (Å²) >= 11 is 0. The SMILES string of the molecule is COc1cc(OC)c(S(=O)(=O)NCC2CC(O)C2)cc1N. The van der Waals surface area contributed by atoms with Crippen molar-refractivity contribution in [1.82, 2.24) is 4.72 Å². The molecule has 2 rings (SSSR count). The standard InChI is InChI=1S/C13H20N2O5S/c1-19-11-6-12(20-2)13(5-10(11)14)21(17,18)15-7-8-3-9(16)4-8/h5-6,8-9,15-16H,3-4,7,14H2,1-2H3. The number of nitrogens with two attached hydrogens (primary N) is 1. The Bertz CT molecular complexity index is 611. The van der Waals surface area contributed by atoms with Crippen molar-refractivity contribution in [1.29, 1.82) is 0 Å². The molecular formula is C13H20N2O5S. The zero-order valence-corrected chi connectivity index (χ0v) is 12.8. The summed E-state index contributed by atoms with van der Waals surface area (Å²) in [5.74, 6) is 0.687. The summed E-state index contributed by atoms with van der Waals surface area (Å²) in [6.07, 6.45) is 0.917. The summed E-state index contributed by atoms with van der Waals surface area (Å²) in [4.78, 5) is -0.0248. The van der Waals surface area contributed by atoms with Gasteiger partial charge in [-0.25, -0.2) is 13.1 Å². The molecule has 0 bridgehead atoms. The Kier molecular flexibility index (Phi) is 4.60. The largest absolute Gasteiger partial charge is 0.495 e. The van der Waals surface area contributed by atoms with E-state index >= 15 is 0 Å². The first-order valence-electron chi connectivity index (χ1n) is 6.56. The quantitative estimate of drug-likeness (QED) is 0.653. The maximum absolute atomic E-state index is 12.3. The van der Waals surface area contributed by atoms with E-state index in [1.54, 1.807) is 0 Å². The fraction of sp³-hybridized carbons (Fsp3) is 0.538. The van der Waals surface area contributed by atoms with Crippen molar-refractivity contribution in [2.75, 3.05) is 26.5 Å². The number of nitrogen functional groups attached to an aromatic ring is 1. The Morgan fingerprint density at radius 1 is 1.29 bits per heavy atom. The second-order valence-corrected chi connectivity index (χ2v) is 6.82. The molecule has 4 N–H and O–H groups in total. The summed E-state index contributed by atoms with van der Waals surface area (Å²) in [6.45, 7) is 0.286. The van der Waals surface area contributed by atoms with E-state index < -0.39 is 10.0 Å². The molecule has 1 aromatic carbocycles. The summed E-state index contributed by atoms with van der Waals surface area (Å²) in [5.41, 5.74) is 5.98. The number of rotatable bonds is 6. The van der Waals surface area contributed by atoms with Crippen molar-refractivity contribution in [2.45, 2.75) is 23.8 Å². The topological polar surface area (TPSA) is 111 Å². The van der Waals surface area contributed by atoms with Gasteiger partial charge in [-0.05, 0) is 24.8 Å². The minimum absolute atomic E-state index is 0.0248. The van der Waals surface area contributed by atoms with Gasteiger partial charge in [0.25, 0.3) is 0 Å². The van der Waals surface area contributed by atoms with Crippen molar-refractivity contribution in [3.8, 4) is 11.5 Å². The highest BCUT2D eigenvalue weighted by Crippen LogP contribution is 2.34. The van der Waals surface area contributed by atoms with Crippen LogP contribution in [-0.4, -0.2) is 40.4 Å². The number of hydrogen-bond acceptors (Lipinski definition) is 6. The van der Waals surface area contributed by atoms with Gasteiger partial charge in [-0.2, -0.15) is 0 Å². The molecule has 1 aliphatic rings. The number of methoxy groups -OCH3 is 2. The Hall–Kier alpha value is -1.51. The lowest BCUT2D eigenvalue weighted by Gasteiger charge is -2.31. The van der Waals surface area contributed by atoms with Crippen molar-refractivity contribution in [2.24, 2.45) is 5.92 Å². The number of hydrogen-bond donors (Lipinski definition) is 3. The summed E-state index contributed by atoms with van der Waals surface area (Å²) in [5, 5.41) is 9.21. The average molecular weight is 316 g/mol. The molecule has 8 heteroatoms. The first-order valence-corrected chi connectivity index (χ1v) is 8.05.